The molecule has 0 spiro atoms. The minimum atomic E-state index is -1.88. The van der Waals surface area contributed by atoms with Gasteiger partial charge in [-0.1, -0.05) is 0 Å². The van der Waals surface area contributed by atoms with E-state index in [1.165, 1.54) is 121 Å². The maximum absolute atomic E-state index is 14.0. The van der Waals surface area contributed by atoms with E-state index in [4.69, 9.17) is 62.5 Å². The number of aromatic nitrogens is 4. The molecular formula is C78H92F4N6O21S2. The fourth-order valence-electron chi connectivity index (χ4n) is 11.8. The number of carbonyl (C=O) groups excluding carboxylic acids is 2. The normalized spacial score (nSPS) is 15.8. The summed E-state index contributed by atoms with van der Waals surface area (Å²) in [6, 6.07) is 20.5. The second-order valence-electron chi connectivity index (χ2n) is 27.6. The fourth-order valence-corrected chi connectivity index (χ4v) is 13.8. The summed E-state index contributed by atoms with van der Waals surface area (Å²) in [4.78, 5) is 91.2. The number of rotatable bonds is 19. The molecule has 0 amide bonds. The first-order chi connectivity index (χ1) is 52.6. The van der Waals surface area contributed by atoms with Crippen LogP contribution < -0.4 is 41.4 Å². The van der Waals surface area contributed by atoms with Gasteiger partial charge in [0.05, 0.1) is 82.8 Å². The number of aldehydes is 1. The molecule has 0 radical (unpaired) electrons. The highest BCUT2D eigenvalue weighted by molar-refractivity contribution is 7.19. The predicted molar refractivity (Wildman–Crippen MR) is 402 cm³/mol. The number of hydrogen-bond donors (Lipinski definition) is 4. The molecule has 33 heteroatoms. The second kappa shape index (κ2) is 40.0. The zero-order valence-corrected chi connectivity index (χ0v) is 65.5. The summed E-state index contributed by atoms with van der Waals surface area (Å²) in [7, 11) is 5.79. The third-order valence-electron chi connectivity index (χ3n) is 18.0. The van der Waals surface area contributed by atoms with E-state index in [-0.39, 0.29) is 81.2 Å². The Hall–Kier alpha value is -9.65. The van der Waals surface area contributed by atoms with Crippen molar-refractivity contribution < 1.29 is 99.4 Å². The largest absolute Gasteiger partial charge is 0.496 e. The van der Waals surface area contributed by atoms with E-state index in [9.17, 15) is 66.6 Å². The molecule has 3 unspecified atom stereocenters. The number of H-pyrrole nitrogens is 1. The van der Waals surface area contributed by atoms with Crippen LogP contribution in [0.1, 0.15) is 153 Å². The molecule has 4 aromatic heterocycles. The van der Waals surface area contributed by atoms with Crippen molar-refractivity contribution in [2.75, 3.05) is 81.3 Å². The monoisotopic (exact) mass is 1590 g/mol. The van der Waals surface area contributed by atoms with Crippen LogP contribution in [0.4, 0.5) is 17.6 Å². The summed E-state index contributed by atoms with van der Waals surface area (Å²) in [5.41, 5.74) is -3.81. The van der Waals surface area contributed by atoms with Gasteiger partial charge >= 0.3 is 23.3 Å². The number of nitrogens with one attached hydrogen (secondary N) is 1. The minimum absolute atomic E-state index is 0.0562. The van der Waals surface area contributed by atoms with E-state index in [1.54, 1.807) is 46.8 Å². The summed E-state index contributed by atoms with van der Waals surface area (Å²) in [6.07, 6.45) is 3.60. The number of methoxy groups -OCH3 is 4. The quantitative estimate of drug-likeness (QED) is 0.0253. The average Bonchev–Trinajstić information content (AvgIpc) is 1.65. The lowest BCUT2D eigenvalue weighted by atomic mass is 10.0. The van der Waals surface area contributed by atoms with Crippen molar-refractivity contribution in [2.45, 2.75) is 161 Å². The molecule has 4 aliphatic rings. The predicted octanol–water partition coefficient (Wildman–Crippen LogP) is 11.1. The van der Waals surface area contributed by atoms with Gasteiger partial charge in [-0.2, -0.15) is 10.5 Å². The van der Waals surface area contributed by atoms with Crippen LogP contribution in [0.2, 0.25) is 0 Å². The van der Waals surface area contributed by atoms with Crippen molar-refractivity contribution in [1.82, 2.24) is 18.7 Å². The molecule has 4 N–H and O–H groups in total. The van der Waals surface area contributed by atoms with Crippen molar-refractivity contribution in [1.29, 1.82) is 10.5 Å². The number of aliphatic hydroxyl groups is 2. The summed E-state index contributed by atoms with van der Waals surface area (Å²) < 4.78 is 114. The fraction of sp³-hybridized carbons (Fsp3) is 0.474. The third-order valence-corrected chi connectivity index (χ3v) is 20.3. The van der Waals surface area contributed by atoms with Crippen LogP contribution in [-0.2, 0) is 60.4 Å². The number of ether oxygens (including phenoxy) is 11. The Kier molecular flexibility index (Phi) is 31.9. The number of esters is 1. The van der Waals surface area contributed by atoms with E-state index in [0.717, 1.165) is 71.7 Å². The third kappa shape index (κ3) is 22.8. The number of nitrogens with zero attached hydrogens (tertiary/aromatic N) is 5. The number of hydrogen-bond acceptors (Lipinski definition) is 24. The van der Waals surface area contributed by atoms with E-state index < -0.39 is 75.0 Å². The number of carboxylic acids is 1. The van der Waals surface area contributed by atoms with Gasteiger partial charge in [-0.25, -0.2) is 45.9 Å². The van der Waals surface area contributed by atoms with Gasteiger partial charge in [0.2, 0.25) is 0 Å². The lowest BCUT2D eigenvalue weighted by molar-refractivity contribution is -0.164. The standard InChI is InChI=1S/C26H28FN3O7S.C16H19N3O4S.C14H19FO4.C9H9FO2.C8H7FO2.C5H10O2/c1-14-20(12-28)38-23-21(14)22(31)30(26(2,3)24(32)33)25(34)29(23)13-19(37-16-7-9-36-10-8-16)17-6-5-15(27)11-18(17)35-4;1-8-9(7-17)24-11-10(8)12(20)19(14(22)18-11)16(5,6)13(21)23-15(2,3)4;1-17-13-8-10(15)2-3-12(13)14(9-16)19-11-4-6-18-7-5-11;1-11-8-4-6(10)2-3-7(8)9-5-12-9;1-11-8-4-7(9)3-2-6(8)5-10;6-5-1-3-7-4-2-5/h5-6,11,16,19H,7-10,13H2,1-4H3,(H,32,33);1-6H3,(H,18,22);2-3,8,11,14,16H,4-7,9H2,1H3;2-4,9H,5H2,1H3;2-5H,1H3;5-6H,1-4H2. The molecule has 8 heterocycles. The zero-order valence-electron chi connectivity index (χ0n) is 63.8. The Balaban J connectivity index is 0.000000201. The molecule has 8 aromatic rings. The molecule has 27 nitrogen and oxygen atoms in total. The highest BCUT2D eigenvalue weighted by Gasteiger charge is 2.39. The van der Waals surface area contributed by atoms with Crippen molar-refractivity contribution in [2.24, 2.45) is 0 Å². The Morgan fingerprint density at radius 2 is 1.07 bits per heavy atom. The molecule has 4 aromatic carbocycles. The molecule has 12 rings (SSSR count). The number of benzene rings is 4. The minimum Gasteiger partial charge on any atom is -0.496 e. The Labute approximate surface area is 644 Å². The van der Waals surface area contributed by atoms with Crippen LogP contribution in [0.15, 0.2) is 92.0 Å². The Bertz CT molecular complexity index is 4890. The number of aliphatic hydroxyl groups excluding tert-OH is 2. The van der Waals surface area contributed by atoms with Crippen LogP contribution in [0.25, 0.3) is 20.4 Å². The van der Waals surface area contributed by atoms with Crippen molar-refractivity contribution >= 4 is 61.3 Å². The molecule has 0 aliphatic carbocycles. The Morgan fingerprint density at radius 1 is 0.631 bits per heavy atom. The zero-order chi connectivity index (χ0) is 81.8. The van der Waals surface area contributed by atoms with Crippen molar-refractivity contribution in [3.05, 3.63) is 181 Å². The molecule has 4 aliphatic heterocycles. The molecule has 0 bridgehead atoms. The van der Waals surface area contributed by atoms with Crippen LogP contribution >= 0.6 is 22.7 Å². The molecule has 3 atom stereocenters. The first-order valence-electron chi connectivity index (χ1n) is 35.2. The van der Waals surface area contributed by atoms with Gasteiger partial charge in [0, 0.05) is 80.6 Å². The number of carboxylic acid groups (broad SMARTS) is 1. The van der Waals surface area contributed by atoms with Gasteiger partial charge in [0.1, 0.15) is 113 Å². The molecular weight excluding hydrogens is 1500 g/mol. The van der Waals surface area contributed by atoms with Crippen LogP contribution in [0.3, 0.4) is 0 Å². The van der Waals surface area contributed by atoms with Gasteiger partial charge in [0.15, 0.2) is 6.29 Å². The highest BCUT2D eigenvalue weighted by Crippen LogP contribution is 2.38. The van der Waals surface area contributed by atoms with Crippen LogP contribution in [0, 0.1) is 59.8 Å². The van der Waals surface area contributed by atoms with E-state index in [2.05, 4.69) is 4.98 Å². The van der Waals surface area contributed by atoms with Crippen LogP contribution in [0.5, 0.6) is 23.0 Å². The summed E-state index contributed by atoms with van der Waals surface area (Å²) in [5.74, 6) is -2.19. The number of thiophene rings is 2. The summed E-state index contributed by atoms with van der Waals surface area (Å²) >= 11 is 2.02. The lowest BCUT2D eigenvalue weighted by Gasteiger charge is -2.30. The molecule has 0 saturated carbocycles. The second-order valence-corrected chi connectivity index (χ2v) is 29.7. The van der Waals surface area contributed by atoms with E-state index in [0.29, 0.717) is 106 Å². The number of aryl methyl sites for hydroxylation is 2. The molecule has 4 saturated heterocycles. The number of carbonyl (C=O) groups is 3. The van der Waals surface area contributed by atoms with Crippen molar-refractivity contribution in [3.63, 3.8) is 0 Å². The SMILES string of the molecule is COc1cc(F)ccc1C(CO)OC1CCOCC1.COc1cc(F)ccc1C(Cn1c(=O)n(C(C)(C)C(=O)O)c(=O)c2c(C)c(C#N)sc21)OC1CCOCC1.COc1cc(F)ccc1C1CO1.COc1cc(F)ccc1C=O.Cc1c(C#N)sc2[nH]c(=O)n(C(C)(C)C(=O)OC(C)(C)C)c(=O)c12.OC1CCOCC1. The topological polar surface area (TPSA) is 363 Å². The number of aromatic amines is 1. The smallest absolute Gasteiger partial charge is 0.333 e. The highest BCUT2D eigenvalue weighted by atomic mass is 32.1. The van der Waals surface area contributed by atoms with E-state index >= 15 is 0 Å². The van der Waals surface area contributed by atoms with Crippen molar-refractivity contribution in [3.8, 4) is 35.1 Å². The maximum Gasteiger partial charge on any atom is 0.333 e. The number of nitriles is 2. The molecule has 600 valence electrons. The van der Waals surface area contributed by atoms with Gasteiger partial charge in [-0.05, 0) is 160 Å². The first-order valence-corrected chi connectivity index (χ1v) is 36.9. The summed E-state index contributed by atoms with van der Waals surface area (Å²) in [6.45, 7) is 18.0. The number of halogens is 4. The van der Waals surface area contributed by atoms with Gasteiger partial charge in [-0.3, -0.25) is 23.9 Å². The number of aliphatic carboxylic acids is 1. The van der Waals surface area contributed by atoms with E-state index in [1.807, 2.05) is 12.1 Å². The average molecular weight is 1590 g/mol. The maximum atomic E-state index is 14.0. The Morgan fingerprint density at radius 3 is 1.52 bits per heavy atom. The first kappa shape index (κ1) is 88.6. The molecule has 4 fully saturated rings. The molecule has 111 heavy (non-hydrogen) atoms. The summed E-state index contributed by atoms with van der Waals surface area (Å²) in [5, 5.41) is 47.3. The number of epoxide rings is 1. The van der Waals surface area contributed by atoms with Crippen LogP contribution in [-0.4, -0.2) is 157 Å². The van der Waals surface area contributed by atoms with Gasteiger partial charge in [0.25, 0.3) is 11.1 Å². The van der Waals surface area contributed by atoms with Gasteiger partial charge in [-0.15, -0.1) is 22.7 Å². The number of fused-ring (bicyclic) bond motifs is 2. The lowest BCUT2D eigenvalue weighted by Crippen LogP contribution is -2.52. The van der Waals surface area contributed by atoms with Gasteiger partial charge < -0.3 is 67.4 Å².